The minimum Gasteiger partial charge on any atom is -0.475 e. The molecule has 1 unspecified atom stereocenters. The van der Waals surface area contributed by atoms with Crippen molar-refractivity contribution in [1.29, 1.82) is 0 Å². The van der Waals surface area contributed by atoms with E-state index in [1.54, 1.807) is 11.3 Å². The molecule has 1 atom stereocenters. The smallest absolute Gasteiger partial charge is 0.475 e. The average molecular weight is 341 g/mol. The van der Waals surface area contributed by atoms with E-state index < -0.39 is 12.1 Å². The third kappa shape index (κ3) is 6.56. The van der Waals surface area contributed by atoms with Gasteiger partial charge in [0.25, 0.3) is 0 Å². The van der Waals surface area contributed by atoms with Gasteiger partial charge in [-0.1, -0.05) is 25.2 Å². The van der Waals surface area contributed by atoms with Gasteiger partial charge in [-0.2, -0.15) is 13.2 Å². The van der Waals surface area contributed by atoms with Crippen LogP contribution >= 0.6 is 11.3 Å². The van der Waals surface area contributed by atoms with E-state index in [2.05, 4.69) is 29.4 Å². The Labute approximate surface area is 129 Å². The Morgan fingerprint density at radius 2 is 2.09 bits per heavy atom. The second kappa shape index (κ2) is 7.23. The number of carbonyl (C=O) groups is 1. The number of alkyl halides is 3. The van der Waals surface area contributed by atoms with Gasteiger partial charge in [-0.05, 0) is 18.8 Å². The van der Waals surface area contributed by atoms with Crippen LogP contribution in [0.5, 0.6) is 0 Å². The average Bonchev–Trinajstić information content (AvgIpc) is 2.92. The molecule has 2 N–H and O–H groups in total. The van der Waals surface area contributed by atoms with Gasteiger partial charge in [0.15, 0.2) is 0 Å². The minimum absolute atomic E-state index is 0.309. The zero-order valence-electron chi connectivity index (χ0n) is 12.4. The predicted octanol–water partition coefficient (Wildman–Crippen LogP) is 2.71. The molecule has 126 valence electrons. The molecule has 1 fully saturated rings. The van der Waals surface area contributed by atoms with Crippen LogP contribution in [0.3, 0.4) is 0 Å². The molecule has 10 heteroatoms. The second-order valence-electron chi connectivity index (χ2n) is 5.61. The number of aromatic nitrogens is 2. The lowest BCUT2D eigenvalue weighted by molar-refractivity contribution is -0.192. The van der Waals surface area contributed by atoms with E-state index in [1.807, 2.05) is 6.92 Å². The largest absolute Gasteiger partial charge is 0.490 e. The summed E-state index contributed by atoms with van der Waals surface area (Å²) in [6.07, 6.45) is -3.66. The van der Waals surface area contributed by atoms with E-state index in [0.717, 1.165) is 29.7 Å². The summed E-state index contributed by atoms with van der Waals surface area (Å²) in [5.41, 5.74) is 0.323. The number of halogens is 3. The Bertz CT molecular complexity index is 505. The van der Waals surface area contributed by atoms with Crippen LogP contribution in [-0.2, 0) is 9.53 Å². The lowest BCUT2D eigenvalue weighted by Crippen LogP contribution is -2.21. The third-order valence-corrected chi connectivity index (χ3v) is 3.54. The maximum absolute atomic E-state index is 10.6. The van der Waals surface area contributed by atoms with Crippen LogP contribution in [0.2, 0.25) is 0 Å². The molecule has 2 heterocycles. The van der Waals surface area contributed by atoms with Gasteiger partial charge in [-0.15, -0.1) is 10.2 Å². The maximum atomic E-state index is 10.6. The van der Waals surface area contributed by atoms with Crippen molar-refractivity contribution < 1.29 is 27.8 Å². The Kier molecular flexibility index (Phi) is 6.12. The fourth-order valence-corrected chi connectivity index (χ4v) is 2.38. The number of hydrogen-bond acceptors (Lipinski definition) is 6. The van der Waals surface area contributed by atoms with Crippen LogP contribution < -0.4 is 5.32 Å². The molecule has 0 saturated carbocycles. The Morgan fingerprint density at radius 1 is 1.50 bits per heavy atom. The molecule has 1 aliphatic rings. The molecule has 0 aliphatic carbocycles. The zero-order chi connectivity index (χ0) is 17.0. The molecule has 1 aromatic heterocycles. The number of ether oxygens (including phenoxy) is 1. The van der Waals surface area contributed by atoms with Crippen LogP contribution in [0.15, 0.2) is 0 Å². The highest BCUT2D eigenvalue weighted by Crippen LogP contribution is 2.31. The zero-order valence-corrected chi connectivity index (χ0v) is 13.2. The fraction of sp³-hybridized carbons (Fsp3) is 0.750. The number of carboxylic acid groups (broad SMARTS) is 1. The van der Waals surface area contributed by atoms with Crippen molar-refractivity contribution in [2.24, 2.45) is 5.41 Å². The van der Waals surface area contributed by atoms with Crippen molar-refractivity contribution in [3.63, 3.8) is 0 Å². The topological polar surface area (TPSA) is 84.3 Å². The van der Waals surface area contributed by atoms with Gasteiger partial charge in [0.1, 0.15) is 5.01 Å². The van der Waals surface area contributed by atoms with Crippen molar-refractivity contribution in [2.75, 3.05) is 18.5 Å². The van der Waals surface area contributed by atoms with Gasteiger partial charge in [0, 0.05) is 6.54 Å². The molecule has 1 aliphatic heterocycles. The Balaban J connectivity index is 0.000000295. The second-order valence-corrected chi connectivity index (χ2v) is 6.79. The normalized spacial score (nSPS) is 20.2. The quantitative estimate of drug-likeness (QED) is 0.879. The Morgan fingerprint density at radius 3 is 2.45 bits per heavy atom. The molecule has 0 spiro atoms. The highest BCUT2D eigenvalue weighted by Gasteiger charge is 2.38. The van der Waals surface area contributed by atoms with Gasteiger partial charge in [0.2, 0.25) is 5.13 Å². The summed E-state index contributed by atoms with van der Waals surface area (Å²) in [5, 5.41) is 20.2. The minimum atomic E-state index is -5.08. The number of anilines is 1. The van der Waals surface area contributed by atoms with Crippen LogP contribution in [0, 0.1) is 12.3 Å². The first-order valence-corrected chi connectivity index (χ1v) is 7.27. The fourth-order valence-electron chi connectivity index (χ4n) is 1.78. The highest BCUT2D eigenvalue weighted by atomic mass is 32.1. The molecule has 0 amide bonds. The Hall–Kier alpha value is -1.42. The van der Waals surface area contributed by atoms with E-state index in [9.17, 15) is 13.2 Å². The summed E-state index contributed by atoms with van der Waals surface area (Å²) in [6, 6.07) is 0. The SMILES string of the molecule is Cc1nnc(NCC2CC(C)(C)CO2)s1.O=C(O)C(F)(F)F. The summed E-state index contributed by atoms with van der Waals surface area (Å²) in [6.45, 7) is 8.12. The van der Waals surface area contributed by atoms with Crippen molar-refractivity contribution in [1.82, 2.24) is 10.2 Å². The van der Waals surface area contributed by atoms with Crippen LogP contribution in [0.25, 0.3) is 0 Å². The summed E-state index contributed by atoms with van der Waals surface area (Å²) >= 11 is 1.58. The predicted molar refractivity (Wildman–Crippen MR) is 75.0 cm³/mol. The molecule has 0 aromatic carbocycles. The lowest BCUT2D eigenvalue weighted by Gasteiger charge is -2.13. The van der Waals surface area contributed by atoms with Crippen molar-refractivity contribution in [2.45, 2.75) is 39.5 Å². The van der Waals surface area contributed by atoms with Crippen molar-refractivity contribution in [3.8, 4) is 0 Å². The highest BCUT2D eigenvalue weighted by molar-refractivity contribution is 7.15. The number of nitrogens with zero attached hydrogens (tertiary/aromatic N) is 2. The number of nitrogens with one attached hydrogen (secondary N) is 1. The standard InChI is InChI=1S/C10H17N3OS.C2HF3O2/c1-7-12-13-9(15-7)11-5-8-4-10(2,3)6-14-8;3-2(4,5)1(6)7/h8H,4-6H2,1-3H3,(H,11,13);(H,6,7). The summed E-state index contributed by atoms with van der Waals surface area (Å²) in [4.78, 5) is 8.90. The first-order chi connectivity index (χ1) is 9.99. The molecule has 0 bridgehead atoms. The molecule has 22 heavy (non-hydrogen) atoms. The lowest BCUT2D eigenvalue weighted by atomic mass is 9.91. The molecule has 0 radical (unpaired) electrons. The van der Waals surface area contributed by atoms with Crippen LogP contribution in [0.1, 0.15) is 25.3 Å². The first kappa shape index (κ1) is 18.6. The molecule has 2 rings (SSSR count). The molecular formula is C12H18F3N3O3S. The van der Waals surface area contributed by atoms with Crippen molar-refractivity contribution >= 4 is 22.4 Å². The van der Waals surface area contributed by atoms with Crippen LogP contribution in [-0.4, -0.2) is 46.7 Å². The van der Waals surface area contributed by atoms with Gasteiger partial charge in [-0.25, -0.2) is 4.79 Å². The molecule has 1 saturated heterocycles. The summed E-state index contributed by atoms with van der Waals surface area (Å²) < 4.78 is 37.4. The number of aryl methyl sites for hydroxylation is 1. The number of aliphatic carboxylic acids is 1. The van der Waals surface area contributed by atoms with E-state index in [4.69, 9.17) is 14.6 Å². The molecule has 1 aromatic rings. The van der Waals surface area contributed by atoms with Gasteiger partial charge in [0.05, 0.1) is 12.7 Å². The van der Waals surface area contributed by atoms with Crippen molar-refractivity contribution in [3.05, 3.63) is 5.01 Å². The number of carboxylic acids is 1. The van der Waals surface area contributed by atoms with E-state index in [1.165, 1.54) is 0 Å². The van der Waals surface area contributed by atoms with Crippen LogP contribution in [0.4, 0.5) is 18.3 Å². The molecule has 6 nitrogen and oxygen atoms in total. The maximum Gasteiger partial charge on any atom is 0.490 e. The summed E-state index contributed by atoms with van der Waals surface area (Å²) in [5.74, 6) is -2.76. The first-order valence-electron chi connectivity index (χ1n) is 6.45. The monoisotopic (exact) mass is 341 g/mol. The van der Waals surface area contributed by atoms with Gasteiger partial charge < -0.3 is 15.2 Å². The molecular weight excluding hydrogens is 323 g/mol. The van der Waals surface area contributed by atoms with E-state index >= 15 is 0 Å². The van der Waals surface area contributed by atoms with Gasteiger partial charge >= 0.3 is 12.1 Å². The van der Waals surface area contributed by atoms with Gasteiger partial charge in [-0.3, -0.25) is 0 Å². The number of hydrogen-bond donors (Lipinski definition) is 2. The number of rotatable bonds is 3. The summed E-state index contributed by atoms with van der Waals surface area (Å²) in [7, 11) is 0. The third-order valence-electron chi connectivity index (χ3n) is 2.74. The van der Waals surface area contributed by atoms with E-state index in [-0.39, 0.29) is 0 Å². The van der Waals surface area contributed by atoms with E-state index in [0.29, 0.717) is 11.5 Å².